The first-order chi connectivity index (χ1) is 14.9. The van der Waals surface area contributed by atoms with E-state index < -0.39 is 18.0 Å². The van der Waals surface area contributed by atoms with Gasteiger partial charge in [-0.1, -0.05) is 41.9 Å². The van der Waals surface area contributed by atoms with Crippen molar-refractivity contribution in [2.45, 2.75) is 18.9 Å². The van der Waals surface area contributed by atoms with Crippen molar-refractivity contribution in [2.24, 2.45) is 5.92 Å². The minimum Gasteiger partial charge on any atom is -0.465 e. The molecule has 1 atom stereocenters. The third-order valence-corrected chi connectivity index (χ3v) is 5.66. The van der Waals surface area contributed by atoms with Crippen LogP contribution in [0.4, 0.5) is 4.79 Å². The van der Waals surface area contributed by atoms with E-state index in [4.69, 9.17) is 16.7 Å². The first kappa shape index (κ1) is 21.0. The summed E-state index contributed by atoms with van der Waals surface area (Å²) in [5.41, 5.74) is 0.818. The summed E-state index contributed by atoms with van der Waals surface area (Å²) in [5.74, 6) is -0.280. The second-order valence-corrected chi connectivity index (χ2v) is 8.04. The van der Waals surface area contributed by atoms with Gasteiger partial charge in [-0.25, -0.2) is 14.8 Å². The van der Waals surface area contributed by atoms with Crippen LogP contribution in [0, 0.1) is 5.92 Å². The number of rotatable bonds is 5. The molecule has 1 aromatic carbocycles. The maximum atomic E-state index is 13.1. The van der Waals surface area contributed by atoms with Crippen LogP contribution in [0.3, 0.4) is 0 Å². The van der Waals surface area contributed by atoms with E-state index in [2.05, 4.69) is 15.3 Å². The molecule has 2 N–H and O–H groups in total. The summed E-state index contributed by atoms with van der Waals surface area (Å²) in [6.07, 6.45) is 0.714. The maximum absolute atomic E-state index is 13.1. The second-order valence-electron chi connectivity index (χ2n) is 7.65. The summed E-state index contributed by atoms with van der Waals surface area (Å²) in [4.78, 5) is 48.5. The molecule has 2 heterocycles. The molecule has 2 fully saturated rings. The standard InChI is InChI=1S/C21H22ClN5O4/c22-16-12-15(23-18(24-16)14-4-2-1-3-5-14)19(28)25-17(13-6-7-13)20(29)26-8-10-27(11-9-26)21(30)31/h1-5,12-13,17H,6-11H2,(H,25,28)(H,30,31)/t17-/m0/s1. The van der Waals surface area contributed by atoms with Gasteiger partial charge in [0.05, 0.1) is 0 Å². The van der Waals surface area contributed by atoms with E-state index in [1.165, 1.54) is 11.0 Å². The van der Waals surface area contributed by atoms with Crippen LogP contribution in [-0.4, -0.2) is 75.0 Å². The molecule has 9 nitrogen and oxygen atoms in total. The number of hydrogen-bond donors (Lipinski definition) is 2. The van der Waals surface area contributed by atoms with Crippen LogP contribution >= 0.6 is 11.6 Å². The maximum Gasteiger partial charge on any atom is 0.407 e. The Morgan fingerprint density at radius 2 is 1.68 bits per heavy atom. The lowest BCUT2D eigenvalue weighted by Gasteiger charge is -2.35. The largest absolute Gasteiger partial charge is 0.465 e. The molecule has 2 aromatic rings. The highest BCUT2D eigenvalue weighted by Gasteiger charge is 2.40. The van der Waals surface area contributed by atoms with Crippen molar-refractivity contribution < 1.29 is 19.5 Å². The highest BCUT2D eigenvalue weighted by atomic mass is 35.5. The number of carbonyl (C=O) groups is 3. The van der Waals surface area contributed by atoms with Gasteiger partial charge in [-0.2, -0.15) is 0 Å². The van der Waals surface area contributed by atoms with Gasteiger partial charge in [0, 0.05) is 37.8 Å². The van der Waals surface area contributed by atoms with Crippen molar-refractivity contribution in [2.75, 3.05) is 26.2 Å². The molecule has 0 unspecified atom stereocenters. The number of piperazine rings is 1. The average Bonchev–Trinajstić information content (AvgIpc) is 3.62. The topological polar surface area (TPSA) is 116 Å². The minimum atomic E-state index is -0.992. The van der Waals surface area contributed by atoms with E-state index in [9.17, 15) is 14.4 Å². The minimum absolute atomic E-state index is 0.0693. The first-order valence-corrected chi connectivity index (χ1v) is 10.5. The third kappa shape index (κ3) is 4.93. The van der Waals surface area contributed by atoms with Crippen LogP contribution < -0.4 is 5.32 Å². The lowest BCUT2D eigenvalue weighted by Crippen LogP contribution is -2.56. The van der Waals surface area contributed by atoms with Crippen LogP contribution in [0.1, 0.15) is 23.3 Å². The van der Waals surface area contributed by atoms with Gasteiger partial charge in [0.15, 0.2) is 5.82 Å². The Hall–Kier alpha value is -3.20. The summed E-state index contributed by atoms with van der Waals surface area (Å²) in [6.45, 7) is 1.13. The Labute approximate surface area is 184 Å². The van der Waals surface area contributed by atoms with E-state index in [0.29, 0.717) is 18.9 Å². The predicted molar refractivity (Wildman–Crippen MR) is 113 cm³/mol. The molecule has 3 amide bonds. The van der Waals surface area contributed by atoms with Gasteiger partial charge in [-0.05, 0) is 18.8 Å². The van der Waals surface area contributed by atoms with E-state index in [1.54, 1.807) is 4.90 Å². The van der Waals surface area contributed by atoms with Crippen molar-refractivity contribution in [3.8, 4) is 11.4 Å². The van der Waals surface area contributed by atoms with E-state index in [1.807, 2.05) is 30.3 Å². The van der Waals surface area contributed by atoms with Crippen LogP contribution in [0.25, 0.3) is 11.4 Å². The number of hydrogen-bond acceptors (Lipinski definition) is 5. The zero-order valence-corrected chi connectivity index (χ0v) is 17.5. The summed E-state index contributed by atoms with van der Waals surface area (Å²) < 4.78 is 0. The van der Waals surface area contributed by atoms with Crippen LogP contribution in [0.15, 0.2) is 36.4 Å². The fourth-order valence-corrected chi connectivity index (χ4v) is 3.77. The van der Waals surface area contributed by atoms with E-state index in [-0.39, 0.29) is 35.8 Å². The molecule has 162 valence electrons. The molecule has 1 aliphatic carbocycles. The number of benzene rings is 1. The summed E-state index contributed by atoms with van der Waals surface area (Å²) in [6, 6.07) is 9.89. The normalized spacial score (nSPS) is 17.2. The van der Waals surface area contributed by atoms with E-state index in [0.717, 1.165) is 18.4 Å². The van der Waals surface area contributed by atoms with Crippen molar-refractivity contribution in [1.29, 1.82) is 0 Å². The van der Waals surface area contributed by atoms with Crippen molar-refractivity contribution in [3.05, 3.63) is 47.2 Å². The highest BCUT2D eigenvalue weighted by Crippen LogP contribution is 2.34. The quantitative estimate of drug-likeness (QED) is 0.684. The SMILES string of the molecule is O=C(N[C@H](C(=O)N1CCN(C(=O)O)CC1)C1CC1)c1cc(Cl)nc(-c2ccccc2)n1. The van der Waals surface area contributed by atoms with Crippen LogP contribution in [0.2, 0.25) is 5.15 Å². The first-order valence-electron chi connectivity index (χ1n) is 10.1. The molecule has 1 aromatic heterocycles. The number of nitrogens with zero attached hydrogens (tertiary/aromatic N) is 4. The summed E-state index contributed by atoms with van der Waals surface area (Å²) in [5, 5.41) is 12.0. The molecule has 0 bridgehead atoms. The van der Waals surface area contributed by atoms with Crippen molar-refractivity contribution >= 4 is 29.5 Å². The third-order valence-electron chi connectivity index (χ3n) is 5.47. The number of carbonyl (C=O) groups excluding carboxylic acids is 2. The zero-order valence-electron chi connectivity index (χ0n) is 16.7. The number of halogens is 1. The lowest BCUT2D eigenvalue weighted by atomic mass is 10.1. The molecule has 1 saturated carbocycles. The van der Waals surface area contributed by atoms with Gasteiger partial charge >= 0.3 is 6.09 Å². The monoisotopic (exact) mass is 443 g/mol. The van der Waals surface area contributed by atoms with Crippen molar-refractivity contribution in [1.82, 2.24) is 25.1 Å². The molecule has 4 rings (SSSR count). The second kappa shape index (κ2) is 8.89. The molecule has 0 radical (unpaired) electrons. The van der Waals surface area contributed by atoms with Gasteiger partial charge < -0.3 is 20.2 Å². The molecule has 0 spiro atoms. The Morgan fingerprint density at radius 3 is 2.29 bits per heavy atom. The predicted octanol–water partition coefficient (Wildman–Crippen LogP) is 2.13. The summed E-state index contributed by atoms with van der Waals surface area (Å²) in [7, 11) is 0. The zero-order chi connectivity index (χ0) is 22.0. The smallest absolute Gasteiger partial charge is 0.407 e. The highest BCUT2D eigenvalue weighted by molar-refractivity contribution is 6.29. The molecular formula is C21H22ClN5O4. The molecule has 10 heteroatoms. The Bertz CT molecular complexity index is 991. The Balaban J connectivity index is 1.48. The van der Waals surface area contributed by atoms with Gasteiger partial charge in [-0.15, -0.1) is 0 Å². The fourth-order valence-electron chi connectivity index (χ4n) is 3.59. The number of nitrogens with one attached hydrogen (secondary N) is 1. The van der Waals surface area contributed by atoms with Crippen LogP contribution in [-0.2, 0) is 4.79 Å². The number of aromatic nitrogens is 2. The Morgan fingerprint density at radius 1 is 1.03 bits per heavy atom. The summed E-state index contributed by atoms with van der Waals surface area (Å²) >= 11 is 6.12. The lowest BCUT2D eigenvalue weighted by molar-refractivity contribution is -0.135. The van der Waals surface area contributed by atoms with Crippen molar-refractivity contribution in [3.63, 3.8) is 0 Å². The Kier molecular flexibility index (Phi) is 6.03. The molecule has 1 saturated heterocycles. The average molecular weight is 444 g/mol. The number of carboxylic acid groups (broad SMARTS) is 1. The van der Waals surface area contributed by atoms with Gasteiger partial charge in [0.25, 0.3) is 5.91 Å². The fraction of sp³-hybridized carbons (Fsp3) is 0.381. The van der Waals surface area contributed by atoms with Gasteiger partial charge in [0.1, 0.15) is 16.9 Å². The van der Waals surface area contributed by atoms with Gasteiger partial charge in [0.2, 0.25) is 5.91 Å². The van der Waals surface area contributed by atoms with Crippen LogP contribution in [0.5, 0.6) is 0 Å². The molecular weight excluding hydrogens is 422 g/mol. The molecule has 31 heavy (non-hydrogen) atoms. The molecule has 2 aliphatic rings. The molecule has 1 aliphatic heterocycles. The van der Waals surface area contributed by atoms with Gasteiger partial charge in [-0.3, -0.25) is 9.59 Å². The number of amides is 3. The van der Waals surface area contributed by atoms with E-state index >= 15 is 0 Å².